The van der Waals surface area contributed by atoms with Crippen LogP contribution in [0.2, 0.25) is 0 Å². The Morgan fingerprint density at radius 2 is 0.857 bits per heavy atom. The maximum Gasteiger partial charge on any atom is 0.134 e. The lowest BCUT2D eigenvalue weighted by Gasteiger charge is -2.08. The van der Waals surface area contributed by atoms with Crippen LogP contribution in [-0.2, 0) is 0 Å². The summed E-state index contributed by atoms with van der Waals surface area (Å²) in [5.41, 5.74) is 4.59. The van der Waals surface area contributed by atoms with Crippen LogP contribution in [0.15, 0.2) is 138 Å². The monoisotopic (exact) mass is 446 g/mol. The van der Waals surface area contributed by atoms with Gasteiger partial charge in [-0.05, 0) is 67.7 Å². The molecule has 0 bridgehead atoms. The highest BCUT2D eigenvalue weighted by Crippen LogP contribution is 2.33. The SMILES string of the molecule is c1ccc2cc(-c3ccc(-c4ccc(-c5ccc6c(ccc7ccccc76)c5)cc4)o3)ccc2c1. The molecule has 0 saturated heterocycles. The van der Waals surface area contributed by atoms with E-state index in [4.69, 9.17) is 4.42 Å². The highest BCUT2D eigenvalue weighted by atomic mass is 16.3. The maximum atomic E-state index is 6.25. The van der Waals surface area contributed by atoms with Crippen LogP contribution < -0.4 is 0 Å². The fraction of sp³-hybridized carbons (Fsp3) is 0. The molecule has 0 N–H and O–H groups in total. The molecule has 0 aliphatic rings. The Bertz CT molecular complexity index is 1840. The fourth-order valence-corrected chi connectivity index (χ4v) is 5.01. The van der Waals surface area contributed by atoms with Gasteiger partial charge in [0, 0.05) is 11.1 Å². The number of furan rings is 1. The standard InChI is InChI=1S/C34H22O/c1-2-7-27-22-30(16-11-23(27)5-1)34-20-19-33(35-34)26-13-9-24(10-14-26)28-17-18-32-29(21-28)15-12-25-6-3-4-8-31(25)32/h1-22H. The summed E-state index contributed by atoms with van der Waals surface area (Å²) < 4.78 is 6.25. The molecule has 6 aromatic carbocycles. The molecule has 1 heterocycles. The third kappa shape index (κ3) is 3.50. The summed E-state index contributed by atoms with van der Waals surface area (Å²) in [6.45, 7) is 0. The molecule has 0 fully saturated rings. The molecule has 1 heteroatoms. The van der Waals surface area contributed by atoms with Crippen molar-refractivity contribution in [3.8, 4) is 33.8 Å². The van der Waals surface area contributed by atoms with Gasteiger partial charge in [-0.3, -0.25) is 0 Å². The van der Waals surface area contributed by atoms with Gasteiger partial charge < -0.3 is 4.42 Å². The molecule has 0 atom stereocenters. The molecular formula is C34H22O. The van der Waals surface area contributed by atoms with Gasteiger partial charge >= 0.3 is 0 Å². The lowest BCUT2D eigenvalue weighted by molar-refractivity contribution is 0.597. The largest absolute Gasteiger partial charge is 0.456 e. The Morgan fingerprint density at radius 1 is 0.314 bits per heavy atom. The van der Waals surface area contributed by atoms with Crippen molar-refractivity contribution in [3.63, 3.8) is 0 Å². The van der Waals surface area contributed by atoms with Gasteiger partial charge in [0.2, 0.25) is 0 Å². The first-order valence-electron chi connectivity index (χ1n) is 11.9. The topological polar surface area (TPSA) is 13.1 Å². The number of benzene rings is 6. The normalized spacial score (nSPS) is 11.4. The van der Waals surface area contributed by atoms with Crippen molar-refractivity contribution in [2.75, 3.05) is 0 Å². The molecule has 35 heavy (non-hydrogen) atoms. The highest BCUT2D eigenvalue weighted by molar-refractivity contribution is 6.08. The van der Waals surface area contributed by atoms with E-state index in [1.54, 1.807) is 0 Å². The van der Waals surface area contributed by atoms with Gasteiger partial charge in [-0.25, -0.2) is 0 Å². The van der Waals surface area contributed by atoms with Gasteiger partial charge in [-0.2, -0.15) is 0 Å². The Morgan fingerprint density at radius 3 is 1.71 bits per heavy atom. The van der Waals surface area contributed by atoms with E-state index in [9.17, 15) is 0 Å². The molecule has 0 spiro atoms. The lowest BCUT2D eigenvalue weighted by Crippen LogP contribution is -1.82. The molecule has 0 amide bonds. The predicted octanol–water partition coefficient (Wildman–Crippen LogP) is 9.74. The van der Waals surface area contributed by atoms with Crippen molar-refractivity contribution in [1.29, 1.82) is 0 Å². The fourth-order valence-electron chi connectivity index (χ4n) is 5.01. The van der Waals surface area contributed by atoms with Gasteiger partial charge in [-0.1, -0.05) is 109 Å². The lowest BCUT2D eigenvalue weighted by atomic mass is 9.97. The molecule has 0 radical (unpaired) electrons. The Labute approximate surface area is 203 Å². The smallest absolute Gasteiger partial charge is 0.134 e. The summed E-state index contributed by atoms with van der Waals surface area (Å²) in [6, 6.07) is 47.3. The Kier molecular flexibility index (Phi) is 4.53. The van der Waals surface area contributed by atoms with Crippen molar-refractivity contribution >= 4 is 32.3 Å². The van der Waals surface area contributed by atoms with Crippen molar-refractivity contribution in [1.82, 2.24) is 0 Å². The number of rotatable bonds is 3. The minimum absolute atomic E-state index is 0.879. The van der Waals surface area contributed by atoms with Crippen LogP contribution in [0.25, 0.3) is 66.1 Å². The van der Waals surface area contributed by atoms with Crippen LogP contribution in [-0.4, -0.2) is 0 Å². The van der Waals surface area contributed by atoms with Crippen molar-refractivity contribution in [2.24, 2.45) is 0 Å². The Balaban J connectivity index is 1.20. The van der Waals surface area contributed by atoms with Crippen LogP contribution in [0.1, 0.15) is 0 Å². The number of hydrogen-bond donors (Lipinski definition) is 0. The summed E-state index contributed by atoms with van der Waals surface area (Å²) >= 11 is 0. The second-order valence-electron chi connectivity index (χ2n) is 9.03. The second kappa shape index (κ2) is 8.00. The zero-order valence-corrected chi connectivity index (χ0v) is 19.1. The molecule has 0 unspecified atom stereocenters. The van der Waals surface area contributed by atoms with Crippen LogP contribution in [0, 0.1) is 0 Å². The van der Waals surface area contributed by atoms with E-state index < -0.39 is 0 Å². The summed E-state index contributed by atoms with van der Waals surface area (Å²) in [7, 11) is 0. The molecule has 0 aliphatic carbocycles. The summed E-state index contributed by atoms with van der Waals surface area (Å²) in [6.07, 6.45) is 0. The first kappa shape index (κ1) is 19.8. The minimum Gasteiger partial charge on any atom is -0.456 e. The van der Waals surface area contributed by atoms with Gasteiger partial charge in [-0.15, -0.1) is 0 Å². The second-order valence-corrected chi connectivity index (χ2v) is 9.03. The van der Waals surface area contributed by atoms with E-state index in [-0.39, 0.29) is 0 Å². The zero-order chi connectivity index (χ0) is 23.2. The van der Waals surface area contributed by atoms with Crippen LogP contribution in [0.5, 0.6) is 0 Å². The molecule has 1 nitrogen and oxygen atoms in total. The predicted molar refractivity (Wildman–Crippen MR) is 148 cm³/mol. The number of hydrogen-bond acceptors (Lipinski definition) is 1. The maximum absolute atomic E-state index is 6.25. The quantitative estimate of drug-likeness (QED) is 0.246. The molecule has 0 saturated carbocycles. The van der Waals surface area contributed by atoms with E-state index in [0.717, 1.165) is 22.6 Å². The van der Waals surface area contributed by atoms with Crippen LogP contribution in [0.4, 0.5) is 0 Å². The third-order valence-electron chi connectivity index (χ3n) is 6.89. The third-order valence-corrected chi connectivity index (χ3v) is 6.89. The summed E-state index contributed by atoms with van der Waals surface area (Å²) in [5.74, 6) is 1.77. The minimum atomic E-state index is 0.879. The van der Waals surface area contributed by atoms with Gasteiger partial charge in [0.05, 0.1) is 0 Å². The average molecular weight is 447 g/mol. The molecule has 7 aromatic rings. The molecule has 1 aromatic heterocycles. The van der Waals surface area contributed by atoms with Crippen LogP contribution >= 0.6 is 0 Å². The van der Waals surface area contributed by atoms with Crippen molar-refractivity contribution in [2.45, 2.75) is 0 Å². The van der Waals surface area contributed by atoms with E-state index in [1.807, 2.05) is 0 Å². The van der Waals surface area contributed by atoms with Gasteiger partial charge in [0.1, 0.15) is 11.5 Å². The van der Waals surface area contributed by atoms with Crippen LogP contribution in [0.3, 0.4) is 0 Å². The van der Waals surface area contributed by atoms with E-state index in [0.29, 0.717) is 0 Å². The highest BCUT2D eigenvalue weighted by Gasteiger charge is 2.09. The first-order valence-corrected chi connectivity index (χ1v) is 11.9. The molecule has 0 aliphatic heterocycles. The van der Waals surface area contributed by atoms with Crippen molar-refractivity contribution in [3.05, 3.63) is 133 Å². The summed E-state index contributed by atoms with van der Waals surface area (Å²) in [5, 5.41) is 7.58. The molecular weight excluding hydrogens is 424 g/mol. The molecule has 164 valence electrons. The summed E-state index contributed by atoms with van der Waals surface area (Å²) in [4.78, 5) is 0. The Hall–Kier alpha value is -4.62. The van der Waals surface area contributed by atoms with E-state index in [1.165, 1.54) is 43.4 Å². The zero-order valence-electron chi connectivity index (χ0n) is 19.1. The van der Waals surface area contributed by atoms with Crippen molar-refractivity contribution < 1.29 is 4.42 Å². The van der Waals surface area contributed by atoms with Gasteiger partial charge in [0.15, 0.2) is 0 Å². The van der Waals surface area contributed by atoms with E-state index >= 15 is 0 Å². The average Bonchev–Trinajstić information content (AvgIpc) is 3.43. The molecule has 7 rings (SSSR count). The first-order chi connectivity index (χ1) is 17.3. The number of fused-ring (bicyclic) bond motifs is 4. The van der Waals surface area contributed by atoms with Gasteiger partial charge in [0.25, 0.3) is 0 Å². The van der Waals surface area contributed by atoms with E-state index in [2.05, 4.69) is 133 Å².